The van der Waals surface area contributed by atoms with Gasteiger partial charge in [0.2, 0.25) is 5.91 Å². The van der Waals surface area contributed by atoms with Gasteiger partial charge in [-0.3, -0.25) is 4.79 Å². The smallest absolute Gasteiger partial charge is 0.345 e. The SMILES string of the molecule is C[C@H]1CCN(c2nc(-c3c[nH]c4ncc(Cl)cc34)ncc2F)[C@@H]1C(=O)NCC(F)(F)F. The number of H-pyrrole nitrogens is 1. The topological polar surface area (TPSA) is 86.8 Å². The van der Waals surface area contributed by atoms with Gasteiger partial charge in [0.05, 0.1) is 11.2 Å². The van der Waals surface area contributed by atoms with Crippen LogP contribution >= 0.6 is 11.6 Å². The van der Waals surface area contributed by atoms with Crippen molar-refractivity contribution in [2.24, 2.45) is 5.92 Å². The molecule has 1 aliphatic rings. The minimum absolute atomic E-state index is 0.147. The van der Waals surface area contributed by atoms with Crippen LogP contribution in [0.5, 0.6) is 0 Å². The molecule has 1 saturated heterocycles. The quantitative estimate of drug-likeness (QED) is 0.584. The van der Waals surface area contributed by atoms with Crippen LogP contribution in [0.15, 0.2) is 24.7 Å². The van der Waals surface area contributed by atoms with Crippen molar-refractivity contribution in [1.82, 2.24) is 25.3 Å². The number of nitrogens with zero attached hydrogens (tertiary/aromatic N) is 4. The standard InChI is InChI=1S/C19H17ClF4N6O/c1-9-2-3-30(14(9)18(31)28-8-19(22,23)24)17-13(21)7-27-16(29-17)12-6-26-15-11(12)4-10(20)5-25-15/h4-7,9,14H,2-3,8H2,1H3,(H,25,26)(H,28,31)/t9-,14-/m0/s1. The summed E-state index contributed by atoms with van der Waals surface area (Å²) in [4.78, 5) is 29.3. The zero-order valence-electron chi connectivity index (χ0n) is 16.2. The lowest BCUT2D eigenvalue weighted by Gasteiger charge is -2.27. The molecule has 3 aromatic rings. The van der Waals surface area contributed by atoms with E-state index in [2.05, 4.69) is 19.9 Å². The number of nitrogens with one attached hydrogen (secondary N) is 2. The van der Waals surface area contributed by atoms with E-state index in [4.69, 9.17) is 11.6 Å². The Morgan fingerprint density at radius 2 is 2.13 bits per heavy atom. The van der Waals surface area contributed by atoms with E-state index in [1.54, 1.807) is 19.2 Å². The van der Waals surface area contributed by atoms with Crippen molar-refractivity contribution in [2.45, 2.75) is 25.6 Å². The molecule has 3 aromatic heterocycles. The van der Waals surface area contributed by atoms with Crippen molar-refractivity contribution in [1.29, 1.82) is 0 Å². The Kier molecular flexibility index (Phi) is 5.46. The number of halogens is 5. The number of pyridine rings is 1. The second kappa shape index (κ2) is 7.95. The van der Waals surface area contributed by atoms with Gasteiger partial charge in [0.15, 0.2) is 17.5 Å². The number of amides is 1. The van der Waals surface area contributed by atoms with E-state index in [9.17, 15) is 22.4 Å². The van der Waals surface area contributed by atoms with E-state index in [0.29, 0.717) is 28.0 Å². The molecule has 164 valence electrons. The van der Waals surface area contributed by atoms with Gasteiger partial charge in [-0.15, -0.1) is 0 Å². The van der Waals surface area contributed by atoms with Crippen LogP contribution in [0.2, 0.25) is 5.02 Å². The van der Waals surface area contributed by atoms with Gasteiger partial charge in [-0.1, -0.05) is 18.5 Å². The fraction of sp³-hybridized carbons (Fsp3) is 0.368. The molecule has 1 fully saturated rings. The summed E-state index contributed by atoms with van der Waals surface area (Å²) >= 11 is 6.02. The molecule has 7 nitrogen and oxygen atoms in total. The normalized spacial score (nSPS) is 19.2. The van der Waals surface area contributed by atoms with Crippen molar-refractivity contribution in [2.75, 3.05) is 18.0 Å². The zero-order valence-corrected chi connectivity index (χ0v) is 16.9. The molecule has 0 unspecified atom stereocenters. The molecule has 0 radical (unpaired) electrons. The summed E-state index contributed by atoms with van der Waals surface area (Å²) in [6, 6.07) is 0.673. The Balaban J connectivity index is 1.69. The molecule has 2 atom stereocenters. The Hall–Kier alpha value is -2.95. The van der Waals surface area contributed by atoms with Crippen molar-refractivity contribution in [3.8, 4) is 11.4 Å². The van der Waals surface area contributed by atoms with Gasteiger partial charge in [0.25, 0.3) is 0 Å². The first-order valence-corrected chi connectivity index (χ1v) is 9.78. The van der Waals surface area contributed by atoms with Gasteiger partial charge in [0, 0.05) is 29.9 Å². The largest absolute Gasteiger partial charge is 0.405 e. The van der Waals surface area contributed by atoms with Gasteiger partial charge in [0.1, 0.15) is 18.2 Å². The van der Waals surface area contributed by atoms with Crippen molar-refractivity contribution < 1.29 is 22.4 Å². The van der Waals surface area contributed by atoms with Gasteiger partial charge in [-0.05, 0) is 18.4 Å². The number of fused-ring (bicyclic) bond motifs is 1. The van der Waals surface area contributed by atoms with Gasteiger partial charge in [-0.2, -0.15) is 13.2 Å². The highest BCUT2D eigenvalue weighted by molar-refractivity contribution is 6.31. The summed E-state index contributed by atoms with van der Waals surface area (Å²) in [7, 11) is 0. The molecule has 1 amide bonds. The molecule has 4 heterocycles. The lowest BCUT2D eigenvalue weighted by atomic mass is 10.0. The molecule has 0 aliphatic carbocycles. The molecule has 31 heavy (non-hydrogen) atoms. The third kappa shape index (κ3) is 4.27. The summed E-state index contributed by atoms with van der Waals surface area (Å²) in [5.41, 5.74) is 1.06. The molecular weight excluding hydrogens is 440 g/mol. The predicted molar refractivity (Wildman–Crippen MR) is 106 cm³/mol. The van der Waals surface area contributed by atoms with Crippen molar-refractivity contribution in [3.63, 3.8) is 0 Å². The van der Waals surface area contributed by atoms with Crippen LogP contribution in [0.1, 0.15) is 13.3 Å². The van der Waals surface area contributed by atoms with Crippen LogP contribution in [0.4, 0.5) is 23.4 Å². The molecule has 0 aromatic carbocycles. The lowest BCUT2D eigenvalue weighted by molar-refractivity contribution is -0.139. The number of anilines is 1. The van der Waals surface area contributed by atoms with E-state index in [1.165, 1.54) is 11.1 Å². The molecule has 0 spiro atoms. The highest BCUT2D eigenvalue weighted by atomic mass is 35.5. The molecule has 12 heteroatoms. The van der Waals surface area contributed by atoms with Crippen LogP contribution in [0.25, 0.3) is 22.4 Å². The number of carbonyl (C=O) groups excluding carboxylic acids is 1. The van der Waals surface area contributed by atoms with E-state index in [0.717, 1.165) is 6.20 Å². The van der Waals surface area contributed by atoms with Crippen LogP contribution < -0.4 is 10.2 Å². The third-order valence-corrected chi connectivity index (χ3v) is 5.37. The first-order chi connectivity index (χ1) is 14.6. The fourth-order valence-electron chi connectivity index (χ4n) is 3.73. The fourth-order valence-corrected chi connectivity index (χ4v) is 3.89. The monoisotopic (exact) mass is 456 g/mol. The molecule has 0 bridgehead atoms. The maximum atomic E-state index is 14.7. The summed E-state index contributed by atoms with van der Waals surface area (Å²) < 4.78 is 52.2. The lowest BCUT2D eigenvalue weighted by Crippen LogP contribution is -2.48. The number of aromatic nitrogens is 4. The maximum absolute atomic E-state index is 14.7. The molecule has 0 saturated carbocycles. The van der Waals surface area contributed by atoms with Crippen LogP contribution in [0.3, 0.4) is 0 Å². The van der Waals surface area contributed by atoms with E-state index in [-0.39, 0.29) is 24.1 Å². The van der Waals surface area contributed by atoms with Gasteiger partial charge in [-0.25, -0.2) is 19.3 Å². The molecular formula is C19H17ClF4N6O. The van der Waals surface area contributed by atoms with Gasteiger partial charge >= 0.3 is 6.18 Å². The Morgan fingerprint density at radius 3 is 2.87 bits per heavy atom. The number of rotatable bonds is 4. The first kappa shape index (κ1) is 21.3. The molecule has 1 aliphatic heterocycles. The average molecular weight is 457 g/mol. The summed E-state index contributed by atoms with van der Waals surface area (Å²) in [6.45, 7) is 0.536. The average Bonchev–Trinajstić information content (AvgIpc) is 3.29. The number of alkyl halides is 3. The minimum Gasteiger partial charge on any atom is -0.345 e. The van der Waals surface area contributed by atoms with Crippen molar-refractivity contribution >= 4 is 34.4 Å². The van der Waals surface area contributed by atoms with E-state index in [1.807, 2.05) is 5.32 Å². The number of aromatic amines is 1. The van der Waals surface area contributed by atoms with E-state index < -0.39 is 30.5 Å². The second-order valence-corrected chi connectivity index (χ2v) is 7.79. The maximum Gasteiger partial charge on any atom is 0.405 e. The highest BCUT2D eigenvalue weighted by Gasteiger charge is 2.40. The highest BCUT2D eigenvalue weighted by Crippen LogP contribution is 2.33. The first-order valence-electron chi connectivity index (χ1n) is 9.40. The van der Waals surface area contributed by atoms with Crippen LogP contribution in [0, 0.1) is 11.7 Å². The second-order valence-electron chi connectivity index (χ2n) is 7.35. The summed E-state index contributed by atoms with van der Waals surface area (Å²) in [5.74, 6) is -1.87. The van der Waals surface area contributed by atoms with E-state index >= 15 is 0 Å². The summed E-state index contributed by atoms with van der Waals surface area (Å²) in [6.07, 6.45) is -0.0000125. The molecule has 4 rings (SSSR count). The Morgan fingerprint density at radius 1 is 1.35 bits per heavy atom. The Labute approximate surface area is 178 Å². The van der Waals surface area contributed by atoms with Crippen molar-refractivity contribution in [3.05, 3.63) is 35.5 Å². The zero-order chi connectivity index (χ0) is 22.3. The predicted octanol–water partition coefficient (Wildman–Crippen LogP) is 3.71. The number of carbonyl (C=O) groups is 1. The number of hydrogen-bond acceptors (Lipinski definition) is 5. The summed E-state index contributed by atoms with van der Waals surface area (Å²) in [5, 5.41) is 2.91. The van der Waals surface area contributed by atoms with Crippen LogP contribution in [-0.2, 0) is 4.79 Å². The number of hydrogen-bond donors (Lipinski definition) is 2. The van der Waals surface area contributed by atoms with Gasteiger partial charge < -0.3 is 15.2 Å². The molecule has 2 N–H and O–H groups in total. The van der Waals surface area contributed by atoms with Crippen LogP contribution in [-0.4, -0.2) is 51.2 Å². The third-order valence-electron chi connectivity index (χ3n) is 5.17. The Bertz CT molecular complexity index is 1130. The minimum atomic E-state index is -4.54.